The highest BCUT2D eigenvalue weighted by atomic mass is 16.5. The Kier molecular flexibility index (Phi) is 6.73. The molecule has 2 aliphatic heterocycles. The second kappa shape index (κ2) is 10.3. The number of Topliss-reactive ketones (excluding diaryl/α,β-unsaturated/α-hetero) is 1. The number of nitrogens with zero attached hydrogens (tertiary/aromatic N) is 1. The number of aliphatic hydroxyl groups excluding tert-OH is 1. The molecule has 2 saturated heterocycles. The molecule has 0 aliphatic carbocycles. The van der Waals surface area contributed by atoms with Gasteiger partial charge in [-0.3, -0.25) is 9.59 Å². The fourth-order valence-electron chi connectivity index (χ4n) is 4.70. The third-order valence-electron chi connectivity index (χ3n) is 6.48. The van der Waals surface area contributed by atoms with E-state index in [4.69, 9.17) is 14.2 Å². The molecule has 184 valence electrons. The Hall–Kier alpha value is -4.10. The van der Waals surface area contributed by atoms with E-state index < -0.39 is 17.7 Å². The van der Waals surface area contributed by atoms with Gasteiger partial charge in [0.25, 0.3) is 11.7 Å². The van der Waals surface area contributed by atoms with Gasteiger partial charge in [-0.15, -0.1) is 0 Å². The van der Waals surface area contributed by atoms with E-state index in [9.17, 15) is 14.7 Å². The van der Waals surface area contributed by atoms with Crippen molar-refractivity contribution in [2.45, 2.75) is 25.0 Å². The van der Waals surface area contributed by atoms with Crippen LogP contribution in [0.1, 0.15) is 30.0 Å². The van der Waals surface area contributed by atoms with E-state index in [0.717, 1.165) is 12.8 Å². The summed E-state index contributed by atoms with van der Waals surface area (Å²) < 4.78 is 17.0. The van der Waals surface area contributed by atoms with E-state index in [-0.39, 0.29) is 24.0 Å². The molecule has 2 atom stereocenters. The lowest BCUT2D eigenvalue weighted by Gasteiger charge is -2.27. The first-order chi connectivity index (χ1) is 17.5. The number of benzene rings is 3. The minimum absolute atomic E-state index is 0.0417. The molecule has 36 heavy (non-hydrogen) atoms. The van der Waals surface area contributed by atoms with Crippen LogP contribution in [0.3, 0.4) is 0 Å². The largest absolute Gasteiger partial charge is 0.507 e. The first kappa shape index (κ1) is 23.6. The topological polar surface area (TPSA) is 85.3 Å². The van der Waals surface area contributed by atoms with Crippen LogP contribution in [0.2, 0.25) is 0 Å². The van der Waals surface area contributed by atoms with E-state index in [1.165, 1.54) is 4.90 Å². The average molecular weight is 486 g/mol. The number of rotatable bonds is 7. The van der Waals surface area contributed by atoms with Crippen molar-refractivity contribution in [3.63, 3.8) is 0 Å². The molecule has 5 rings (SSSR count). The van der Waals surface area contributed by atoms with Crippen LogP contribution in [-0.4, -0.2) is 48.1 Å². The van der Waals surface area contributed by atoms with Crippen LogP contribution in [0.15, 0.2) is 84.4 Å². The highest BCUT2D eigenvalue weighted by molar-refractivity contribution is 6.46. The van der Waals surface area contributed by atoms with Crippen LogP contribution >= 0.6 is 0 Å². The summed E-state index contributed by atoms with van der Waals surface area (Å²) in [5.74, 6) is 0.241. The Morgan fingerprint density at radius 3 is 2.42 bits per heavy atom. The van der Waals surface area contributed by atoms with E-state index in [0.29, 0.717) is 35.0 Å². The lowest BCUT2D eigenvalue weighted by Crippen LogP contribution is -2.36. The number of ether oxygens (including phenoxy) is 3. The van der Waals surface area contributed by atoms with Crippen LogP contribution < -0.4 is 9.47 Å². The van der Waals surface area contributed by atoms with Crippen LogP contribution in [-0.2, 0) is 14.3 Å². The first-order valence-electron chi connectivity index (χ1n) is 11.9. The van der Waals surface area contributed by atoms with Gasteiger partial charge < -0.3 is 24.2 Å². The number of ketones is 1. The average Bonchev–Trinajstić information content (AvgIpc) is 3.51. The standard InChI is InChI=1S/C29H27NO6/c1-34-21-14-12-19(13-15-21)27(31)25-26(30(29(33)28(25)32)18-24-11-6-16-35-24)20-7-5-10-23(17-20)36-22-8-3-2-4-9-22/h2-5,7-10,12-15,17,24,26,31H,6,11,16,18H2,1H3/b27-25+. The number of methoxy groups -OCH3 is 1. The van der Waals surface area contributed by atoms with Gasteiger partial charge in [0.1, 0.15) is 23.0 Å². The van der Waals surface area contributed by atoms with Crippen LogP contribution in [0, 0.1) is 0 Å². The molecule has 1 N–H and O–H groups in total. The van der Waals surface area contributed by atoms with Crippen molar-refractivity contribution in [1.82, 2.24) is 4.90 Å². The maximum Gasteiger partial charge on any atom is 0.295 e. The Morgan fingerprint density at radius 2 is 1.72 bits per heavy atom. The summed E-state index contributed by atoms with van der Waals surface area (Å²) in [5, 5.41) is 11.3. The van der Waals surface area contributed by atoms with Gasteiger partial charge >= 0.3 is 0 Å². The number of hydrogen-bond donors (Lipinski definition) is 1. The molecule has 2 heterocycles. The zero-order valence-corrected chi connectivity index (χ0v) is 19.9. The molecular weight excluding hydrogens is 458 g/mol. The molecule has 1 amide bonds. The van der Waals surface area contributed by atoms with Crippen molar-refractivity contribution < 1.29 is 28.9 Å². The molecular formula is C29H27NO6. The summed E-state index contributed by atoms with van der Waals surface area (Å²) in [6.45, 7) is 0.893. The Balaban J connectivity index is 1.57. The number of hydrogen-bond acceptors (Lipinski definition) is 6. The maximum absolute atomic E-state index is 13.3. The number of para-hydroxylation sites is 1. The Morgan fingerprint density at radius 1 is 0.972 bits per heavy atom. The molecule has 7 heteroatoms. The van der Waals surface area contributed by atoms with Crippen molar-refractivity contribution in [2.75, 3.05) is 20.3 Å². The summed E-state index contributed by atoms with van der Waals surface area (Å²) in [6.07, 6.45) is 1.56. The summed E-state index contributed by atoms with van der Waals surface area (Å²) in [4.78, 5) is 28.0. The fourth-order valence-corrected chi connectivity index (χ4v) is 4.70. The number of likely N-dealkylation sites (tertiary alicyclic amines) is 1. The molecule has 0 spiro atoms. The van der Waals surface area contributed by atoms with Crippen molar-refractivity contribution in [2.24, 2.45) is 0 Å². The number of carbonyl (C=O) groups is 2. The van der Waals surface area contributed by atoms with E-state index >= 15 is 0 Å². The minimum Gasteiger partial charge on any atom is -0.507 e. The SMILES string of the molecule is COc1ccc(/C(O)=C2\C(=O)C(=O)N(CC3CCCO3)C2c2cccc(Oc3ccccc3)c2)cc1. The van der Waals surface area contributed by atoms with Crippen LogP contribution in [0.25, 0.3) is 5.76 Å². The van der Waals surface area contributed by atoms with Gasteiger partial charge in [0.05, 0.1) is 24.8 Å². The Bertz CT molecular complexity index is 1280. The van der Waals surface area contributed by atoms with Crippen molar-refractivity contribution >= 4 is 17.4 Å². The van der Waals surface area contributed by atoms with E-state index in [1.54, 1.807) is 37.4 Å². The molecule has 0 radical (unpaired) electrons. The quantitative estimate of drug-likeness (QED) is 0.285. The lowest BCUT2D eigenvalue weighted by molar-refractivity contribution is -0.140. The molecule has 0 aromatic heterocycles. The molecule has 3 aromatic carbocycles. The van der Waals surface area contributed by atoms with Gasteiger partial charge in [-0.2, -0.15) is 0 Å². The van der Waals surface area contributed by atoms with Crippen molar-refractivity contribution in [3.05, 3.63) is 95.6 Å². The van der Waals surface area contributed by atoms with Gasteiger partial charge in [-0.1, -0.05) is 30.3 Å². The molecule has 2 fully saturated rings. The minimum atomic E-state index is -0.782. The summed E-state index contributed by atoms with van der Waals surface area (Å²) in [5.41, 5.74) is 1.13. The van der Waals surface area contributed by atoms with Gasteiger partial charge in [0.15, 0.2) is 0 Å². The first-order valence-corrected chi connectivity index (χ1v) is 11.9. The second-order valence-electron chi connectivity index (χ2n) is 8.80. The van der Waals surface area contributed by atoms with Gasteiger partial charge in [-0.05, 0) is 66.9 Å². The third-order valence-corrected chi connectivity index (χ3v) is 6.48. The summed E-state index contributed by atoms with van der Waals surface area (Å²) >= 11 is 0. The van der Waals surface area contributed by atoms with Gasteiger partial charge in [-0.25, -0.2) is 0 Å². The number of aliphatic hydroxyl groups is 1. The molecule has 2 unspecified atom stereocenters. The van der Waals surface area contributed by atoms with Crippen molar-refractivity contribution in [1.29, 1.82) is 0 Å². The number of carbonyl (C=O) groups excluding carboxylic acids is 2. The van der Waals surface area contributed by atoms with Crippen LogP contribution in [0.5, 0.6) is 17.2 Å². The second-order valence-corrected chi connectivity index (χ2v) is 8.80. The fraction of sp³-hybridized carbons (Fsp3) is 0.241. The predicted octanol–water partition coefficient (Wildman–Crippen LogP) is 5.09. The molecule has 3 aromatic rings. The monoisotopic (exact) mass is 485 g/mol. The lowest BCUT2D eigenvalue weighted by atomic mass is 9.95. The summed E-state index contributed by atoms with van der Waals surface area (Å²) in [7, 11) is 1.55. The van der Waals surface area contributed by atoms with Crippen LogP contribution in [0.4, 0.5) is 0 Å². The predicted molar refractivity (Wildman–Crippen MR) is 134 cm³/mol. The smallest absolute Gasteiger partial charge is 0.295 e. The Labute approximate surface area is 209 Å². The molecule has 0 saturated carbocycles. The highest BCUT2D eigenvalue weighted by Crippen LogP contribution is 2.41. The number of amides is 1. The maximum atomic E-state index is 13.3. The van der Waals surface area contributed by atoms with Gasteiger partial charge in [0, 0.05) is 18.7 Å². The van der Waals surface area contributed by atoms with Gasteiger partial charge in [0.2, 0.25) is 0 Å². The van der Waals surface area contributed by atoms with Crippen molar-refractivity contribution in [3.8, 4) is 17.2 Å². The normalized spacial score (nSPS) is 21.1. The zero-order valence-electron chi connectivity index (χ0n) is 19.9. The summed E-state index contributed by atoms with van der Waals surface area (Å²) in [6, 6.07) is 22.5. The van der Waals surface area contributed by atoms with E-state index in [2.05, 4.69) is 0 Å². The zero-order chi connectivity index (χ0) is 25.1. The van der Waals surface area contributed by atoms with E-state index in [1.807, 2.05) is 48.5 Å². The highest BCUT2D eigenvalue weighted by Gasteiger charge is 2.47. The molecule has 2 aliphatic rings. The third kappa shape index (κ3) is 4.70. The molecule has 0 bridgehead atoms. The molecule has 7 nitrogen and oxygen atoms in total.